The summed E-state index contributed by atoms with van der Waals surface area (Å²) in [5.74, 6) is 1.59. The number of fused-ring (bicyclic) bond motifs is 1. The van der Waals surface area contributed by atoms with Crippen LogP contribution in [0.15, 0.2) is 47.6 Å². The first-order chi connectivity index (χ1) is 11.3. The fraction of sp³-hybridized carbons (Fsp3) is 0.312. The zero-order valence-electron chi connectivity index (χ0n) is 12.7. The van der Waals surface area contributed by atoms with Crippen molar-refractivity contribution in [1.29, 1.82) is 0 Å². The summed E-state index contributed by atoms with van der Waals surface area (Å²) in [7, 11) is 0. The van der Waals surface area contributed by atoms with Crippen molar-refractivity contribution in [2.24, 2.45) is 0 Å². The van der Waals surface area contributed by atoms with E-state index in [1.807, 2.05) is 23.9 Å². The molecule has 23 heavy (non-hydrogen) atoms. The average molecular weight is 329 g/mol. The van der Waals surface area contributed by atoms with Crippen molar-refractivity contribution in [1.82, 2.24) is 20.6 Å². The van der Waals surface area contributed by atoms with Gasteiger partial charge in [0.25, 0.3) is 0 Å². The van der Waals surface area contributed by atoms with Gasteiger partial charge in [0.05, 0.1) is 6.04 Å². The SMILES string of the molecule is O=C(NCCNc1ncccn1)N[C@H]1CCSc2ccccc21. The maximum Gasteiger partial charge on any atom is 0.315 e. The van der Waals surface area contributed by atoms with Gasteiger partial charge in [-0.1, -0.05) is 18.2 Å². The largest absolute Gasteiger partial charge is 0.352 e. The average Bonchev–Trinajstić information content (AvgIpc) is 2.60. The summed E-state index contributed by atoms with van der Waals surface area (Å²) in [5.41, 5.74) is 1.20. The van der Waals surface area contributed by atoms with Crippen LogP contribution in [0.3, 0.4) is 0 Å². The summed E-state index contributed by atoms with van der Waals surface area (Å²) in [6, 6.07) is 9.94. The Morgan fingerprint density at radius 2 is 2.00 bits per heavy atom. The summed E-state index contributed by atoms with van der Waals surface area (Å²) in [6.45, 7) is 1.09. The smallest absolute Gasteiger partial charge is 0.315 e. The van der Waals surface area contributed by atoms with Gasteiger partial charge >= 0.3 is 6.03 Å². The second-order valence-electron chi connectivity index (χ2n) is 5.13. The number of thioether (sulfide) groups is 1. The van der Waals surface area contributed by atoms with E-state index < -0.39 is 0 Å². The molecule has 0 saturated heterocycles. The molecular weight excluding hydrogens is 310 g/mol. The van der Waals surface area contributed by atoms with E-state index in [9.17, 15) is 4.79 Å². The predicted molar refractivity (Wildman–Crippen MR) is 91.6 cm³/mol. The summed E-state index contributed by atoms with van der Waals surface area (Å²) in [6.07, 6.45) is 4.30. The lowest BCUT2D eigenvalue weighted by atomic mass is 10.0. The van der Waals surface area contributed by atoms with Crippen LogP contribution in [0, 0.1) is 0 Å². The molecular formula is C16H19N5OS. The van der Waals surface area contributed by atoms with Gasteiger partial charge in [0.15, 0.2) is 0 Å². The Morgan fingerprint density at radius 1 is 1.17 bits per heavy atom. The van der Waals surface area contributed by atoms with Crippen LogP contribution in [0.4, 0.5) is 10.7 Å². The van der Waals surface area contributed by atoms with E-state index in [-0.39, 0.29) is 12.1 Å². The Hall–Kier alpha value is -2.28. The maximum absolute atomic E-state index is 12.0. The Labute approximate surface area is 139 Å². The molecule has 0 fully saturated rings. The highest BCUT2D eigenvalue weighted by atomic mass is 32.2. The van der Waals surface area contributed by atoms with Crippen molar-refractivity contribution >= 4 is 23.7 Å². The van der Waals surface area contributed by atoms with Crippen LogP contribution in [-0.4, -0.2) is 34.8 Å². The minimum Gasteiger partial charge on any atom is -0.352 e. The summed E-state index contributed by atoms with van der Waals surface area (Å²) in [4.78, 5) is 21.4. The number of carbonyl (C=O) groups is 1. The Kier molecular flexibility index (Phi) is 5.31. The second kappa shape index (κ2) is 7.82. The minimum atomic E-state index is -0.146. The van der Waals surface area contributed by atoms with Crippen LogP contribution >= 0.6 is 11.8 Å². The fourth-order valence-corrected chi connectivity index (χ4v) is 3.57. The number of urea groups is 1. The normalized spacial score (nSPS) is 16.3. The zero-order valence-corrected chi connectivity index (χ0v) is 13.5. The highest BCUT2D eigenvalue weighted by molar-refractivity contribution is 7.99. The van der Waals surface area contributed by atoms with E-state index in [1.165, 1.54) is 10.5 Å². The van der Waals surface area contributed by atoms with Crippen LogP contribution < -0.4 is 16.0 Å². The number of benzene rings is 1. The molecule has 6 nitrogen and oxygen atoms in total. The van der Waals surface area contributed by atoms with Crippen molar-refractivity contribution < 1.29 is 4.79 Å². The van der Waals surface area contributed by atoms with E-state index in [1.54, 1.807) is 18.5 Å². The molecule has 2 aromatic rings. The van der Waals surface area contributed by atoms with Gasteiger partial charge in [-0.25, -0.2) is 14.8 Å². The van der Waals surface area contributed by atoms with Crippen LogP contribution in [0.2, 0.25) is 0 Å². The van der Waals surface area contributed by atoms with Gasteiger partial charge in [0.1, 0.15) is 0 Å². The van der Waals surface area contributed by atoms with E-state index in [0.29, 0.717) is 19.0 Å². The van der Waals surface area contributed by atoms with Gasteiger partial charge in [0.2, 0.25) is 5.95 Å². The monoisotopic (exact) mass is 329 g/mol. The van der Waals surface area contributed by atoms with Crippen LogP contribution in [0.25, 0.3) is 0 Å². The molecule has 1 aliphatic rings. The van der Waals surface area contributed by atoms with Gasteiger partial charge in [-0.15, -0.1) is 11.8 Å². The third kappa shape index (κ3) is 4.35. The van der Waals surface area contributed by atoms with Crippen molar-refractivity contribution in [2.75, 3.05) is 24.2 Å². The molecule has 1 aromatic carbocycles. The Bertz CT molecular complexity index is 652. The molecule has 2 heterocycles. The molecule has 1 atom stereocenters. The lowest BCUT2D eigenvalue weighted by Crippen LogP contribution is -2.40. The molecule has 0 aliphatic carbocycles. The van der Waals surface area contributed by atoms with Gasteiger partial charge in [0, 0.05) is 36.1 Å². The molecule has 1 aliphatic heterocycles. The maximum atomic E-state index is 12.0. The number of hydrogen-bond acceptors (Lipinski definition) is 5. The molecule has 2 amide bonds. The third-order valence-electron chi connectivity index (χ3n) is 3.52. The topological polar surface area (TPSA) is 78.9 Å². The van der Waals surface area contributed by atoms with E-state index >= 15 is 0 Å². The second-order valence-corrected chi connectivity index (χ2v) is 6.26. The lowest BCUT2D eigenvalue weighted by Gasteiger charge is -2.25. The van der Waals surface area contributed by atoms with Crippen molar-refractivity contribution in [2.45, 2.75) is 17.4 Å². The number of hydrogen-bond donors (Lipinski definition) is 3. The summed E-state index contributed by atoms with van der Waals surface area (Å²) in [5, 5.41) is 8.96. The van der Waals surface area contributed by atoms with Crippen molar-refractivity contribution in [3.8, 4) is 0 Å². The highest BCUT2D eigenvalue weighted by Gasteiger charge is 2.21. The predicted octanol–water partition coefficient (Wildman–Crippen LogP) is 2.42. The molecule has 120 valence electrons. The molecule has 0 bridgehead atoms. The van der Waals surface area contributed by atoms with Crippen LogP contribution in [0.5, 0.6) is 0 Å². The standard InChI is InChI=1S/C16H19N5OS/c22-16(20-10-9-19-15-17-7-3-8-18-15)21-13-6-11-23-14-5-2-1-4-12(13)14/h1-5,7-8,13H,6,9-11H2,(H,17,18,19)(H2,20,21,22)/t13-/m0/s1. The van der Waals surface area contributed by atoms with E-state index in [4.69, 9.17) is 0 Å². The number of carbonyl (C=O) groups excluding carboxylic acids is 1. The van der Waals surface area contributed by atoms with Gasteiger partial charge in [-0.2, -0.15) is 0 Å². The van der Waals surface area contributed by atoms with Crippen molar-refractivity contribution in [3.63, 3.8) is 0 Å². The van der Waals surface area contributed by atoms with E-state index in [0.717, 1.165) is 12.2 Å². The van der Waals surface area contributed by atoms with Crippen LogP contribution in [0.1, 0.15) is 18.0 Å². The zero-order chi connectivity index (χ0) is 15.9. The molecule has 0 spiro atoms. The number of amides is 2. The number of nitrogens with zero attached hydrogens (tertiary/aromatic N) is 2. The Morgan fingerprint density at radius 3 is 2.87 bits per heavy atom. The third-order valence-corrected chi connectivity index (χ3v) is 4.65. The number of anilines is 1. The highest BCUT2D eigenvalue weighted by Crippen LogP contribution is 2.35. The number of aromatic nitrogens is 2. The molecule has 3 rings (SSSR count). The van der Waals surface area contributed by atoms with Gasteiger partial charge < -0.3 is 16.0 Å². The Balaban J connectivity index is 1.43. The minimum absolute atomic E-state index is 0.0814. The van der Waals surface area contributed by atoms with Gasteiger partial charge in [-0.05, 0) is 24.1 Å². The number of rotatable bonds is 5. The first-order valence-corrected chi connectivity index (χ1v) is 8.58. The molecule has 0 radical (unpaired) electrons. The van der Waals surface area contributed by atoms with Gasteiger partial charge in [-0.3, -0.25) is 0 Å². The van der Waals surface area contributed by atoms with Crippen molar-refractivity contribution in [3.05, 3.63) is 48.3 Å². The first kappa shape index (κ1) is 15.6. The summed E-state index contributed by atoms with van der Waals surface area (Å²) < 4.78 is 0. The first-order valence-electron chi connectivity index (χ1n) is 7.60. The fourth-order valence-electron chi connectivity index (χ4n) is 2.44. The molecule has 0 saturated carbocycles. The lowest BCUT2D eigenvalue weighted by molar-refractivity contribution is 0.237. The molecule has 0 unspecified atom stereocenters. The quantitative estimate of drug-likeness (QED) is 0.734. The molecule has 7 heteroatoms. The summed E-state index contributed by atoms with van der Waals surface area (Å²) >= 11 is 1.84. The molecule has 3 N–H and O–H groups in total. The van der Waals surface area contributed by atoms with E-state index in [2.05, 4.69) is 38.1 Å². The number of nitrogens with one attached hydrogen (secondary N) is 3. The van der Waals surface area contributed by atoms with Crippen LogP contribution in [-0.2, 0) is 0 Å². The molecule has 1 aromatic heterocycles.